The molecule has 612 valence electrons. The first kappa shape index (κ1) is 77.1. The van der Waals surface area contributed by atoms with E-state index in [1.54, 1.807) is 12.3 Å². The Morgan fingerprint density at radius 2 is 0.784 bits per heavy atom. The van der Waals surface area contributed by atoms with Crippen LogP contribution >= 0.6 is 0 Å². The lowest BCUT2D eigenvalue weighted by Gasteiger charge is -2.55. The Hall–Kier alpha value is -8.87. The van der Waals surface area contributed by atoms with E-state index in [1.165, 1.54) is 192 Å². The van der Waals surface area contributed by atoms with Gasteiger partial charge in [0.2, 0.25) is 17.5 Å². The maximum Gasteiger partial charge on any atom is 0.353 e. The molecule has 21 rings (SSSR count). The van der Waals surface area contributed by atoms with E-state index in [0.717, 1.165) is 118 Å². The van der Waals surface area contributed by atoms with E-state index in [2.05, 4.69) is 51.8 Å². The number of fused-ring (bicyclic) bond motifs is 15. The van der Waals surface area contributed by atoms with Crippen molar-refractivity contribution in [3.63, 3.8) is 0 Å². The smallest absolute Gasteiger partial charge is 0.331 e. The number of allylic oxidation sites excluding steroid dienone is 1. The summed E-state index contributed by atoms with van der Waals surface area (Å²) in [6, 6.07) is 26.7. The number of urea groups is 2. The molecule has 8 aliphatic heterocycles. The SMILES string of the molecule is C=C1NC(=O)N(c2nc3ccccc3n(C3CC4CCCC(C3)N4C3CC4CCCC(C4)C3)c2=O)C=C1F.CC(=O)CC1C=CN(c2nc3ccccc3n(C3CC4CCCC(C3)N4C3CC4CCCC(C4)C3)c2=O)C(=O)N1.Cc1nc(=O)n(-c2nc3ccccc3n(C3CC4CCCC(C3)N4C3CC4CCCC(C4)C3)c2=O)cc1F. The minimum Gasteiger partial charge on any atom is -0.331 e. The van der Waals surface area contributed by atoms with Gasteiger partial charge in [-0.25, -0.2) is 52.5 Å². The quantitative estimate of drug-likeness (QED) is 0.123. The molecular formula is C92H113F2N15O7. The van der Waals surface area contributed by atoms with Crippen LogP contribution in [-0.4, -0.2) is 131 Å². The molecule has 12 heterocycles. The van der Waals surface area contributed by atoms with Crippen molar-refractivity contribution >= 4 is 62.6 Å². The van der Waals surface area contributed by atoms with Crippen LogP contribution in [0, 0.1) is 48.2 Å². The first-order valence-corrected chi connectivity index (χ1v) is 44.4. The van der Waals surface area contributed by atoms with E-state index in [0.29, 0.717) is 65.4 Å². The molecule has 6 saturated heterocycles. The third kappa shape index (κ3) is 14.8. The van der Waals surface area contributed by atoms with Gasteiger partial charge < -0.3 is 24.3 Å². The molecule has 12 fully saturated rings. The Morgan fingerprint density at radius 3 is 1.16 bits per heavy atom. The Morgan fingerprint density at radius 1 is 0.431 bits per heavy atom. The number of hydrogen-bond acceptors (Lipinski definition) is 14. The van der Waals surface area contributed by atoms with Gasteiger partial charge in [-0.3, -0.25) is 33.9 Å². The van der Waals surface area contributed by atoms with Crippen LogP contribution in [-0.2, 0) is 4.79 Å². The highest BCUT2D eigenvalue weighted by Gasteiger charge is 2.50. The van der Waals surface area contributed by atoms with Crippen molar-refractivity contribution in [1.29, 1.82) is 0 Å². The molecule has 7 aromatic rings. The highest BCUT2D eigenvalue weighted by atomic mass is 19.1. The van der Waals surface area contributed by atoms with Gasteiger partial charge in [-0.2, -0.15) is 4.98 Å². The fourth-order valence-electron chi connectivity index (χ4n) is 25.8. The van der Waals surface area contributed by atoms with Crippen molar-refractivity contribution in [1.82, 2.24) is 63.5 Å². The molecule has 13 atom stereocenters. The van der Waals surface area contributed by atoms with Crippen LogP contribution in [0.2, 0.25) is 0 Å². The molecule has 0 spiro atoms. The minimum atomic E-state index is -0.690. The molecule has 3 aromatic carbocycles. The molecule has 2 N–H and O–H groups in total. The lowest BCUT2D eigenvalue weighted by atomic mass is 9.68. The monoisotopic (exact) mass is 1580 g/mol. The topological polar surface area (TPSA) is 231 Å². The standard InChI is InChI=1S/C32H41N5O3.2C30H36FN5O2/c1-20(38)14-23-12-13-35(32(40)33-23)30-31(39)37(29-11-3-2-10-28(29)34-30)27-18-24-8-5-9-25(19-27)36(24)26-16-21-6-4-7-22(15-21)17-26;2*1-18-25(31)17-34(30(38)32-18)28-29(37)36(27-11-3-2-10-26(27)33-28)24-15-21-8-5-9-22(16-24)35(21)23-13-19-6-4-7-20(12-19)14-23/h2-3,10-13,21-27H,4-9,14-19H2,1H3,(H,33,40);2-3,10-11,17,19-24H,4-9,12-16H2,1H3;2-3,10-11,17,19-24H,1,4-9,12-16H2,(H,32,38). The predicted molar refractivity (Wildman–Crippen MR) is 445 cm³/mol. The van der Waals surface area contributed by atoms with Crippen LogP contribution < -0.4 is 42.8 Å². The zero-order valence-corrected chi connectivity index (χ0v) is 67.4. The number of nitrogens with zero attached hydrogens (tertiary/aromatic N) is 13. The molecule has 4 aromatic heterocycles. The third-order valence-electron chi connectivity index (χ3n) is 30.3. The van der Waals surface area contributed by atoms with Crippen molar-refractivity contribution in [2.45, 2.75) is 311 Å². The zero-order valence-electron chi connectivity index (χ0n) is 67.4. The molecule has 24 heteroatoms. The normalized spacial score (nSPS) is 33.1. The highest BCUT2D eigenvalue weighted by Crippen LogP contribution is 2.52. The van der Waals surface area contributed by atoms with Crippen molar-refractivity contribution in [2.24, 2.45) is 35.5 Å². The van der Waals surface area contributed by atoms with Gasteiger partial charge in [-0.05, 0) is 227 Å². The second-order valence-electron chi connectivity index (χ2n) is 37.6. The molecule has 116 heavy (non-hydrogen) atoms. The number of anilines is 2. The number of para-hydroxylation sites is 6. The second kappa shape index (κ2) is 32.1. The number of benzene rings is 3. The average Bonchev–Trinajstić information content (AvgIpc) is 0.753. The highest BCUT2D eigenvalue weighted by molar-refractivity contribution is 5.97. The maximum atomic E-state index is 14.4. The Kier molecular flexibility index (Phi) is 21.3. The zero-order chi connectivity index (χ0) is 79.3. The number of aromatic nitrogens is 8. The number of ketones is 1. The summed E-state index contributed by atoms with van der Waals surface area (Å²) < 4.78 is 35.5. The summed E-state index contributed by atoms with van der Waals surface area (Å²) in [6.07, 6.45) is 47.2. The number of hydrogen-bond donors (Lipinski definition) is 2. The summed E-state index contributed by atoms with van der Waals surface area (Å²) in [4.78, 5) is 121. The summed E-state index contributed by atoms with van der Waals surface area (Å²) in [5.41, 5.74) is 2.67. The van der Waals surface area contributed by atoms with Gasteiger partial charge in [0, 0.05) is 85.1 Å². The van der Waals surface area contributed by atoms with Crippen molar-refractivity contribution in [3.8, 4) is 5.82 Å². The van der Waals surface area contributed by atoms with Crippen LogP contribution in [0.5, 0.6) is 0 Å². The number of piperidine rings is 6. The van der Waals surface area contributed by atoms with Crippen molar-refractivity contribution in [3.05, 3.63) is 169 Å². The third-order valence-corrected chi connectivity index (χ3v) is 30.3. The Bertz CT molecular complexity index is 5230. The average molecular weight is 1580 g/mol. The number of Topliss-reactive ketones (excluding diaryl/α,β-unsaturated/α-hetero) is 1. The van der Waals surface area contributed by atoms with Gasteiger partial charge in [-0.1, -0.05) is 120 Å². The van der Waals surface area contributed by atoms with Gasteiger partial charge in [0.05, 0.1) is 62.9 Å². The summed E-state index contributed by atoms with van der Waals surface area (Å²) in [7, 11) is 0. The van der Waals surface area contributed by atoms with Crippen LogP contribution in [0.15, 0.2) is 135 Å². The Labute approximate surface area is 676 Å². The van der Waals surface area contributed by atoms with E-state index in [9.17, 15) is 42.3 Å². The molecular weight excluding hydrogens is 1470 g/mol. The van der Waals surface area contributed by atoms with Crippen LogP contribution in [0.3, 0.4) is 0 Å². The number of halogens is 2. The molecule has 22 nitrogen and oxygen atoms in total. The summed E-state index contributed by atoms with van der Waals surface area (Å²) in [6.45, 7) is 6.48. The number of nitrogens with one attached hydrogen (secondary N) is 2. The van der Waals surface area contributed by atoms with Gasteiger partial charge >= 0.3 is 17.8 Å². The first-order chi connectivity index (χ1) is 56.4. The van der Waals surface area contributed by atoms with E-state index < -0.39 is 29.4 Å². The summed E-state index contributed by atoms with van der Waals surface area (Å²) in [5, 5.41) is 5.24. The molecule has 4 amide bonds. The van der Waals surface area contributed by atoms with Gasteiger partial charge in [0.1, 0.15) is 5.78 Å². The molecule has 14 aliphatic rings. The fourth-order valence-corrected chi connectivity index (χ4v) is 25.8. The van der Waals surface area contributed by atoms with Crippen molar-refractivity contribution < 1.29 is 23.2 Å². The number of carbonyl (C=O) groups is 3. The number of amides is 4. The summed E-state index contributed by atoms with van der Waals surface area (Å²) >= 11 is 0. The lowest BCUT2D eigenvalue weighted by molar-refractivity contribution is -0.117. The summed E-state index contributed by atoms with van der Waals surface area (Å²) in [5.74, 6) is 4.03. The van der Waals surface area contributed by atoms with Gasteiger partial charge in [0.25, 0.3) is 16.7 Å². The van der Waals surface area contributed by atoms with E-state index in [4.69, 9.17) is 0 Å². The largest absolute Gasteiger partial charge is 0.353 e. The number of rotatable bonds is 11. The van der Waals surface area contributed by atoms with Gasteiger partial charge in [0.15, 0.2) is 11.6 Å². The van der Waals surface area contributed by atoms with E-state index >= 15 is 0 Å². The first-order valence-electron chi connectivity index (χ1n) is 44.4. The minimum absolute atomic E-state index is 0.00270. The molecule has 6 saturated carbocycles. The Balaban J connectivity index is 0.000000116. The van der Waals surface area contributed by atoms with E-state index in [1.807, 2.05) is 86.5 Å². The number of aryl methyl sites for hydroxylation is 1. The van der Waals surface area contributed by atoms with Crippen molar-refractivity contribution in [2.75, 3.05) is 9.80 Å². The molecule has 12 bridgehead atoms. The second-order valence-corrected chi connectivity index (χ2v) is 37.6. The fraction of sp³-hybridized carbons (Fsp3) is 0.598. The molecule has 6 aliphatic carbocycles. The van der Waals surface area contributed by atoms with Crippen LogP contribution in [0.25, 0.3) is 38.9 Å². The molecule has 13 unspecified atom stereocenters. The van der Waals surface area contributed by atoms with Crippen LogP contribution in [0.1, 0.15) is 249 Å². The number of carbonyl (C=O) groups excluding carboxylic acids is 3. The molecule has 0 radical (unpaired) electrons. The lowest BCUT2D eigenvalue weighted by Crippen LogP contribution is -2.58. The van der Waals surface area contributed by atoms with E-state index in [-0.39, 0.29) is 81.9 Å². The predicted octanol–water partition coefficient (Wildman–Crippen LogP) is 16.0. The maximum absolute atomic E-state index is 14.4. The van der Waals surface area contributed by atoms with Crippen LogP contribution in [0.4, 0.5) is 30.0 Å². The van der Waals surface area contributed by atoms with Gasteiger partial charge in [-0.15, -0.1) is 0 Å².